The van der Waals surface area contributed by atoms with E-state index >= 15 is 0 Å². The van der Waals surface area contributed by atoms with Crippen molar-refractivity contribution in [3.63, 3.8) is 0 Å². The van der Waals surface area contributed by atoms with Crippen LogP contribution in [0.25, 0.3) is 0 Å². The van der Waals surface area contributed by atoms with Crippen molar-refractivity contribution in [2.24, 2.45) is 0 Å². The van der Waals surface area contributed by atoms with Crippen molar-refractivity contribution in [1.82, 2.24) is 10.2 Å². The largest absolute Gasteiger partial charge is 0.490 e. The highest BCUT2D eigenvalue weighted by atomic mass is 35.5. The summed E-state index contributed by atoms with van der Waals surface area (Å²) in [5, 5.41) is 6.67. The van der Waals surface area contributed by atoms with Crippen molar-refractivity contribution in [3.05, 3.63) is 71.8 Å². The lowest BCUT2D eigenvalue weighted by molar-refractivity contribution is -0.120. The molecule has 2 aliphatic heterocycles. The van der Waals surface area contributed by atoms with E-state index < -0.39 is 0 Å². The predicted octanol–water partition coefficient (Wildman–Crippen LogP) is 4.66. The molecule has 7 heteroatoms. The maximum Gasteiger partial charge on any atom is 0.251 e. The van der Waals surface area contributed by atoms with Gasteiger partial charge < -0.3 is 15.4 Å². The molecule has 2 heterocycles. The SMILES string of the molecule is C=CCOc1ccc(C(=O)NC2CC3CCCC(C2)N3CC(=O)Nc2ccccc2Cl)cc1. The normalized spacial score (nSPS) is 22.3. The van der Waals surface area contributed by atoms with E-state index in [1.807, 2.05) is 12.1 Å². The number of amides is 2. The van der Waals surface area contributed by atoms with Crippen LogP contribution in [0.3, 0.4) is 0 Å². The van der Waals surface area contributed by atoms with Crippen molar-refractivity contribution >= 4 is 29.1 Å². The zero-order valence-electron chi connectivity index (χ0n) is 18.6. The Morgan fingerprint density at radius 1 is 1.09 bits per heavy atom. The standard InChI is InChI=1S/C26H30ClN3O3/c1-2-14-33-22-12-10-18(11-13-22)26(32)28-19-15-20-6-5-7-21(16-19)30(20)17-25(31)29-24-9-4-3-8-23(24)27/h2-4,8-13,19-21H,1,5-7,14-17H2,(H,28,32)(H,29,31). The number of carbonyl (C=O) groups is 2. The minimum Gasteiger partial charge on any atom is -0.490 e. The Morgan fingerprint density at radius 2 is 1.79 bits per heavy atom. The lowest BCUT2D eigenvalue weighted by Gasteiger charge is -2.48. The third kappa shape index (κ3) is 5.95. The van der Waals surface area contributed by atoms with Crippen LogP contribution in [0.4, 0.5) is 5.69 Å². The number of hydrogen-bond acceptors (Lipinski definition) is 4. The summed E-state index contributed by atoms with van der Waals surface area (Å²) < 4.78 is 5.48. The molecule has 0 radical (unpaired) electrons. The molecule has 174 valence electrons. The van der Waals surface area contributed by atoms with Gasteiger partial charge in [-0.25, -0.2) is 0 Å². The van der Waals surface area contributed by atoms with Crippen LogP contribution in [0, 0.1) is 0 Å². The first kappa shape index (κ1) is 23.3. The lowest BCUT2D eigenvalue weighted by Crippen LogP contribution is -2.58. The average Bonchev–Trinajstić information content (AvgIpc) is 2.80. The van der Waals surface area contributed by atoms with E-state index in [0.29, 0.717) is 35.2 Å². The van der Waals surface area contributed by atoms with Gasteiger partial charge in [0, 0.05) is 23.7 Å². The second kappa shape index (κ2) is 10.9. The Morgan fingerprint density at radius 3 is 2.45 bits per heavy atom. The molecular formula is C26H30ClN3O3. The van der Waals surface area contributed by atoms with Gasteiger partial charge in [0.25, 0.3) is 5.91 Å². The molecule has 2 amide bonds. The highest BCUT2D eigenvalue weighted by Crippen LogP contribution is 2.34. The van der Waals surface area contributed by atoms with Crippen LogP contribution in [-0.4, -0.2) is 48.0 Å². The molecule has 2 aromatic rings. The molecule has 4 rings (SSSR count). The van der Waals surface area contributed by atoms with Gasteiger partial charge in [0.05, 0.1) is 17.3 Å². The van der Waals surface area contributed by atoms with Crippen LogP contribution in [-0.2, 0) is 4.79 Å². The molecule has 2 aliphatic rings. The average molecular weight is 468 g/mol. The summed E-state index contributed by atoms with van der Waals surface area (Å²) in [4.78, 5) is 27.8. The number of nitrogens with one attached hydrogen (secondary N) is 2. The van der Waals surface area contributed by atoms with Gasteiger partial charge in [-0.15, -0.1) is 0 Å². The van der Waals surface area contributed by atoms with Crippen molar-refractivity contribution in [2.45, 2.75) is 50.2 Å². The molecule has 2 saturated heterocycles. The number of piperidine rings is 2. The van der Waals surface area contributed by atoms with Gasteiger partial charge in [0.15, 0.2) is 0 Å². The van der Waals surface area contributed by atoms with E-state index in [4.69, 9.17) is 16.3 Å². The summed E-state index contributed by atoms with van der Waals surface area (Å²) in [6.07, 6.45) is 6.62. The van der Waals surface area contributed by atoms with Gasteiger partial charge in [-0.05, 0) is 62.1 Å². The highest BCUT2D eigenvalue weighted by Gasteiger charge is 2.39. The van der Waals surface area contributed by atoms with Crippen LogP contribution in [0.2, 0.25) is 5.02 Å². The van der Waals surface area contributed by atoms with Crippen molar-refractivity contribution in [1.29, 1.82) is 0 Å². The number of benzene rings is 2. The van der Waals surface area contributed by atoms with Crippen LogP contribution >= 0.6 is 11.6 Å². The molecule has 0 saturated carbocycles. The Balaban J connectivity index is 1.33. The molecule has 6 nitrogen and oxygen atoms in total. The lowest BCUT2D eigenvalue weighted by atomic mass is 9.81. The Bertz CT molecular complexity index is 981. The zero-order valence-corrected chi connectivity index (χ0v) is 19.4. The van der Waals surface area contributed by atoms with Crippen LogP contribution in [0.1, 0.15) is 42.5 Å². The van der Waals surface area contributed by atoms with Crippen LogP contribution in [0.15, 0.2) is 61.2 Å². The first-order valence-corrected chi connectivity index (χ1v) is 11.9. The summed E-state index contributed by atoms with van der Waals surface area (Å²) in [5.41, 5.74) is 1.25. The smallest absolute Gasteiger partial charge is 0.251 e. The quantitative estimate of drug-likeness (QED) is 0.554. The van der Waals surface area contributed by atoms with Gasteiger partial charge in [-0.1, -0.05) is 42.8 Å². The number of carbonyl (C=O) groups excluding carboxylic acids is 2. The van der Waals surface area contributed by atoms with Gasteiger partial charge in [0.2, 0.25) is 5.91 Å². The van der Waals surface area contributed by atoms with E-state index in [1.54, 1.807) is 42.5 Å². The number of para-hydroxylation sites is 1. The fourth-order valence-corrected chi connectivity index (χ4v) is 5.08. The van der Waals surface area contributed by atoms with E-state index in [-0.39, 0.29) is 29.9 Å². The molecule has 2 aromatic carbocycles. The van der Waals surface area contributed by atoms with E-state index in [1.165, 1.54) is 0 Å². The molecule has 0 aliphatic carbocycles. The predicted molar refractivity (Wildman–Crippen MR) is 131 cm³/mol. The van der Waals surface area contributed by atoms with Gasteiger partial charge >= 0.3 is 0 Å². The summed E-state index contributed by atoms with van der Waals surface area (Å²) in [6, 6.07) is 15.1. The second-order valence-corrected chi connectivity index (χ2v) is 9.11. The van der Waals surface area contributed by atoms with Crippen molar-refractivity contribution in [2.75, 3.05) is 18.5 Å². The first-order chi connectivity index (χ1) is 16.0. The fraction of sp³-hybridized carbons (Fsp3) is 0.385. The van der Waals surface area contributed by atoms with E-state index in [2.05, 4.69) is 22.1 Å². The Kier molecular flexibility index (Phi) is 7.68. The van der Waals surface area contributed by atoms with Crippen LogP contribution < -0.4 is 15.4 Å². The summed E-state index contributed by atoms with van der Waals surface area (Å²) >= 11 is 6.18. The maximum absolute atomic E-state index is 12.8. The molecule has 0 aromatic heterocycles. The van der Waals surface area contributed by atoms with Crippen molar-refractivity contribution < 1.29 is 14.3 Å². The molecule has 33 heavy (non-hydrogen) atoms. The fourth-order valence-electron chi connectivity index (χ4n) is 4.90. The van der Waals surface area contributed by atoms with Gasteiger partial charge in [-0.3, -0.25) is 14.5 Å². The third-order valence-electron chi connectivity index (χ3n) is 6.42. The summed E-state index contributed by atoms with van der Waals surface area (Å²) in [7, 11) is 0. The summed E-state index contributed by atoms with van der Waals surface area (Å²) in [5.74, 6) is 0.587. The van der Waals surface area contributed by atoms with Crippen LogP contribution in [0.5, 0.6) is 5.75 Å². The van der Waals surface area contributed by atoms with E-state index in [9.17, 15) is 9.59 Å². The maximum atomic E-state index is 12.8. The Hall–Kier alpha value is -2.83. The highest BCUT2D eigenvalue weighted by molar-refractivity contribution is 6.33. The number of ether oxygens (including phenoxy) is 1. The molecule has 2 bridgehead atoms. The molecule has 0 spiro atoms. The number of hydrogen-bond donors (Lipinski definition) is 2. The van der Waals surface area contributed by atoms with Gasteiger partial charge in [-0.2, -0.15) is 0 Å². The first-order valence-electron chi connectivity index (χ1n) is 11.5. The number of fused-ring (bicyclic) bond motifs is 2. The molecular weight excluding hydrogens is 438 g/mol. The number of rotatable bonds is 8. The number of nitrogens with zero attached hydrogens (tertiary/aromatic N) is 1. The van der Waals surface area contributed by atoms with E-state index in [0.717, 1.165) is 32.1 Å². The molecule has 2 fully saturated rings. The van der Waals surface area contributed by atoms with Gasteiger partial charge in [0.1, 0.15) is 12.4 Å². The number of anilines is 1. The number of halogens is 1. The monoisotopic (exact) mass is 467 g/mol. The summed E-state index contributed by atoms with van der Waals surface area (Å²) in [6.45, 7) is 4.41. The zero-order chi connectivity index (χ0) is 23.2. The Labute approximate surface area is 199 Å². The minimum absolute atomic E-state index is 0.0544. The topological polar surface area (TPSA) is 70.7 Å². The molecule has 2 unspecified atom stereocenters. The van der Waals surface area contributed by atoms with Crippen molar-refractivity contribution in [3.8, 4) is 5.75 Å². The second-order valence-electron chi connectivity index (χ2n) is 8.70. The minimum atomic E-state index is -0.0711. The third-order valence-corrected chi connectivity index (χ3v) is 6.75. The molecule has 2 atom stereocenters. The molecule has 2 N–H and O–H groups in total.